The summed E-state index contributed by atoms with van der Waals surface area (Å²) in [6, 6.07) is 1.31. The molecule has 2 aliphatic rings. The Morgan fingerprint density at radius 1 is 0.889 bits per heavy atom. The lowest BCUT2D eigenvalue weighted by Gasteiger charge is -2.35. The van der Waals surface area contributed by atoms with Crippen molar-refractivity contribution in [3.8, 4) is 5.75 Å². The standard InChI is InChI=1S/C19H25F2N3O3/c20-14-11-15(21)18(16(25)12-14)19(27)24-9-7-22(8-10-24)13-17(26)23-5-3-1-2-4-6-23/h11-12,25H,1-10,13H2. The van der Waals surface area contributed by atoms with E-state index in [1.165, 1.54) is 4.90 Å². The zero-order valence-corrected chi connectivity index (χ0v) is 15.3. The van der Waals surface area contributed by atoms with Crippen molar-refractivity contribution in [2.75, 3.05) is 45.8 Å². The molecule has 0 saturated carbocycles. The van der Waals surface area contributed by atoms with E-state index < -0.39 is 28.9 Å². The molecule has 2 fully saturated rings. The number of rotatable bonds is 3. The summed E-state index contributed by atoms with van der Waals surface area (Å²) in [6.45, 7) is 3.56. The van der Waals surface area contributed by atoms with Gasteiger partial charge in [0.15, 0.2) is 0 Å². The Morgan fingerprint density at radius 2 is 1.52 bits per heavy atom. The highest BCUT2D eigenvalue weighted by atomic mass is 19.1. The van der Waals surface area contributed by atoms with Gasteiger partial charge in [0.25, 0.3) is 5.91 Å². The molecule has 1 aromatic carbocycles. The first-order valence-electron chi connectivity index (χ1n) is 9.43. The van der Waals surface area contributed by atoms with Crippen LogP contribution in [0.15, 0.2) is 12.1 Å². The summed E-state index contributed by atoms with van der Waals surface area (Å²) in [4.78, 5) is 30.3. The van der Waals surface area contributed by atoms with Gasteiger partial charge in [-0.2, -0.15) is 0 Å². The Labute approximate surface area is 157 Å². The summed E-state index contributed by atoms with van der Waals surface area (Å²) in [7, 11) is 0. The molecule has 1 aromatic rings. The lowest BCUT2D eigenvalue weighted by atomic mass is 10.1. The average Bonchev–Trinajstić information content (AvgIpc) is 2.91. The molecule has 0 bridgehead atoms. The normalized spacial score (nSPS) is 19.0. The molecule has 27 heavy (non-hydrogen) atoms. The molecule has 0 radical (unpaired) electrons. The third-order valence-corrected chi connectivity index (χ3v) is 5.23. The Morgan fingerprint density at radius 3 is 2.11 bits per heavy atom. The maximum atomic E-state index is 13.9. The molecule has 0 spiro atoms. The minimum absolute atomic E-state index is 0.110. The summed E-state index contributed by atoms with van der Waals surface area (Å²) in [5, 5.41) is 9.72. The number of amides is 2. The number of phenolic OH excluding ortho intramolecular Hbond substituents is 1. The molecular weight excluding hydrogens is 356 g/mol. The molecule has 0 atom stereocenters. The molecule has 2 aliphatic heterocycles. The van der Waals surface area contributed by atoms with E-state index in [4.69, 9.17) is 0 Å². The van der Waals surface area contributed by atoms with Crippen molar-refractivity contribution >= 4 is 11.8 Å². The number of carbonyl (C=O) groups is 2. The molecule has 2 amide bonds. The summed E-state index contributed by atoms with van der Waals surface area (Å²) in [6.07, 6.45) is 4.41. The molecule has 0 unspecified atom stereocenters. The van der Waals surface area contributed by atoms with E-state index in [-0.39, 0.29) is 5.91 Å². The van der Waals surface area contributed by atoms with Crippen molar-refractivity contribution in [3.63, 3.8) is 0 Å². The van der Waals surface area contributed by atoms with Gasteiger partial charge in [0.1, 0.15) is 22.9 Å². The van der Waals surface area contributed by atoms with Crippen LogP contribution >= 0.6 is 0 Å². The Kier molecular flexibility index (Phi) is 6.26. The predicted molar refractivity (Wildman–Crippen MR) is 95.4 cm³/mol. The monoisotopic (exact) mass is 381 g/mol. The lowest BCUT2D eigenvalue weighted by Crippen LogP contribution is -2.51. The number of carbonyl (C=O) groups excluding carboxylic acids is 2. The quantitative estimate of drug-likeness (QED) is 0.868. The van der Waals surface area contributed by atoms with Crippen molar-refractivity contribution in [2.45, 2.75) is 25.7 Å². The highest BCUT2D eigenvalue weighted by Gasteiger charge is 2.28. The summed E-state index contributed by atoms with van der Waals surface area (Å²) < 4.78 is 27.0. The number of aromatic hydroxyl groups is 1. The van der Waals surface area contributed by atoms with E-state index in [0.717, 1.165) is 44.8 Å². The molecular formula is C19H25F2N3O3. The number of hydrogen-bond donors (Lipinski definition) is 1. The summed E-state index contributed by atoms with van der Waals surface area (Å²) >= 11 is 0. The molecule has 2 saturated heterocycles. The van der Waals surface area contributed by atoms with Crippen LogP contribution in [-0.4, -0.2) is 77.4 Å². The van der Waals surface area contributed by atoms with Crippen molar-refractivity contribution in [1.82, 2.24) is 14.7 Å². The molecule has 0 aromatic heterocycles. The smallest absolute Gasteiger partial charge is 0.260 e. The number of nitrogens with zero attached hydrogens (tertiary/aromatic N) is 3. The topological polar surface area (TPSA) is 64.1 Å². The number of likely N-dealkylation sites (tertiary alicyclic amines) is 1. The molecule has 8 heteroatoms. The van der Waals surface area contributed by atoms with Crippen LogP contribution in [0.2, 0.25) is 0 Å². The first-order chi connectivity index (χ1) is 13.0. The van der Waals surface area contributed by atoms with E-state index in [0.29, 0.717) is 38.8 Å². The highest BCUT2D eigenvalue weighted by molar-refractivity contribution is 5.97. The van der Waals surface area contributed by atoms with Crippen LogP contribution in [0.1, 0.15) is 36.0 Å². The van der Waals surface area contributed by atoms with Crippen molar-refractivity contribution in [1.29, 1.82) is 0 Å². The fourth-order valence-corrected chi connectivity index (χ4v) is 3.65. The van der Waals surface area contributed by atoms with Crippen molar-refractivity contribution in [3.05, 3.63) is 29.3 Å². The number of piperazine rings is 1. The van der Waals surface area contributed by atoms with Crippen LogP contribution in [0.25, 0.3) is 0 Å². The zero-order valence-electron chi connectivity index (χ0n) is 15.3. The second kappa shape index (κ2) is 8.65. The molecule has 6 nitrogen and oxygen atoms in total. The van der Waals surface area contributed by atoms with Gasteiger partial charge in [0.2, 0.25) is 5.91 Å². The summed E-state index contributed by atoms with van der Waals surface area (Å²) in [5.74, 6) is -3.26. The van der Waals surface area contributed by atoms with Gasteiger partial charge in [0, 0.05) is 51.4 Å². The number of phenols is 1. The third kappa shape index (κ3) is 4.74. The van der Waals surface area contributed by atoms with Crippen molar-refractivity contribution < 1.29 is 23.5 Å². The van der Waals surface area contributed by atoms with Crippen LogP contribution in [0, 0.1) is 11.6 Å². The minimum atomic E-state index is -1.07. The zero-order chi connectivity index (χ0) is 19.4. The van der Waals surface area contributed by atoms with Crippen LogP contribution in [-0.2, 0) is 4.79 Å². The predicted octanol–water partition coefficient (Wildman–Crippen LogP) is 1.83. The maximum absolute atomic E-state index is 13.9. The van der Waals surface area contributed by atoms with E-state index in [1.807, 2.05) is 9.80 Å². The van der Waals surface area contributed by atoms with Crippen LogP contribution in [0.4, 0.5) is 8.78 Å². The van der Waals surface area contributed by atoms with Crippen LogP contribution < -0.4 is 0 Å². The first kappa shape index (κ1) is 19.5. The first-order valence-corrected chi connectivity index (χ1v) is 9.43. The van der Waals surface area contributed by atoms with E-state index in [2.05, 4.69) is 0 Å². The van der Waals surface area contributed by atoms with E-state index in [9.17, 15) is 23.5 Å². The third-order valence-electron chi connectivity index (χ3n) is 5.23. The second-order valence-corrected chi connectivity index (χ2v) is 7.15. The number of hydrogen-bond acceptors (Lipinski definition) is 4. The Balaban J connectivity index is 1.54. The number of benzene rings is 1. The molecule has 3 rings (SSSR count). The van der Waals surface area contributed by atoms with E-state index >= 15 is 0 Å². The van der Waals surface area contributed by atoms with Gasteiger partial charge in [-0.3, -0.25) is 14.5 Å². The number of halogens is 2. The van der Waals surface area contributed by atoms with Gasteiger partial charge in [-0.05, 0) is 12.8 Å². The molecule has 0 aliphatic carbocycles. The lowest BCUT2D eigenvalue weighted by molar-refractivity contribution is -0.132. The van der Waals surface area contributed by atoms with Gasteiger partial charge in [0.05, 0.1) is 6.54 Å². The Bertz CT molecular complexity index is 674. The van der Waals surface area contributed by atoms with Crippen LogP contribution in [0.3, 0.4) is 0 Å². The highest BCUT2D eigenvalue weighted by Crippen LogP contribution is 2.24. The second-order valence-electron chi connectivity index (χ2n) is 7.15. The van der Waals surface area contributed by atoms with Gasteiger partial charge >= 0.3 is 0 Å². The van der Waals surface area contributed by atoms with Crippen molar-refractivity contribution in [2.24, 2.45) is 0 Å². The maximum Gasteiger partial charge on any atom is 0.260 e. The minimum Gasteiger partial charge on any atom is -0.507 e. The van der Waals surface area contributed by atoms with Gasteiger partial charge in [-0.1, -0.05) is 12.8 Å². The largest absolute Gasteiger partial charge is 0.507 e. The molecule has 1 N–H and O–H groups in total. The van der Waals surface area contributed by atoms with Gasteiger partial charge < -0.3 is 14.9 Å². The fraction of sp³-hybridized carbons (Fsp3) is 0.579. The average molecular weight is 381 g/mol. The van der Waals surface area contributed by atoms with Gasteiger partial charge in [-0.25, -0.2) is 8.78 Å². The SMILES string of the molecule is O=C(CN1CCN(C(=O)c2c(O)cc(F)cc2F)CC1)N1CCCCCC1. The summed E-state index contributed by atoms with van der Waals surface area (Å²) in [5.41, 5.74) is -0.509. The fourth-order valence-electron chi connectivity index (χ4n) is 3.65. The molecule has 148 valence electrons. The van der Waals surface area contributed by atoms with Crippen LogP contribution in [0.5, 0.6) is 5.75 Å². The van der Waals surface area contributed by atoms with E-state index in [1.54, 1.807) is 0 Å². The Hall–Kier alpha value is -2.22. The molecule has 2 heterocycles. The van der Waals surface area contributed by atoms with Gasteiger partial charge in [-0.15, -0.1) is 0 Å².